The van der Waals surface area contributed by atoms with Gasteiger partial charge in [0.1, 0.15) is 4.99 Å². The molecule has 0 bridgehead atoms. The van der Waals surface area contributed by atoms with Crippen LogP contribution in [-0.4, -0.2) is 10.9 Å². The van der Waals surface area contributed by atoms with Crippen molar-refractivity contribution in [2.75, 3.05) is 5.32 Å². The topological polar surface area (TPSA) is 55.1 Å². The van der Waals surface area contributed by atoms with Crippen molar-refractivity contribution in [1.82, 2.24) is 0 Å². The molecular weight excluding hydrogens is 268 g/mol. The van der Waals surface area contributed by atoms with Gasteiger partial charge in [0.25, 0.3) is 5.91 Å². The van der Waals surface area contributed by atoms with Crippen molar-refractivity contribution in [3.8, 4) is 0 Å². The zero-order chi connectivity index (χ0) is 14.7. The first-order chi connectivity index (χ1) is 9.47. The average Bonchev–Trinajstić information content (AvgIpc) is 2.43. The Balaban J connectivity index is 2.15. The van der Waals surface area contributed by atoms with Crippen LogP contribution in [0, 0.1) is 13.8 Å². The van der Waals surface area contributed by atoms with Gasteiger partial charge in [-0.15, -0.1) is 0 Å². The molecule has 0 spiro atoms. The Morgan fingerprint density at radius 2 is 1.60 bits per heavy atom. The van der Waals surface area contributed by atoms with E-state index in [4.69, 9.17) is 18.0 Å². The Labute approximate surface area is 123 Å². The highest BCUT2D eigenvalue weighted by atomic mass is 32.1. The fourth-order valence-corrected chi connectivity index (χ4v) is 1.94. The van der Waals surface area contributed by atoms with Crippen LogP contribution in [0.5, 0.6) is 0 Å². The van der Waals surface area contributed by atoms with Crippen LogP contribution in [0.3, 0.4) is 0 Å². The summed E-state index contributed by atoms with van der Waals surface area (Å²) in [5, 5.41) is 2.87. The molecule has 3 N–H and O–H groups in total. The van der Waals surface area contributed by atoms with E-state index in [-0.39, 0.29) is 5.91 Å². The van der Waals surface area contributed by atoms with Crippen LogP contribution in [0.2, 0.25) is 0 Å². The maximum atomic E-state index is 12.1. The molecule has 0 radical (unpaired) electrons. The summed E-state index contributed by atoms with van der Waals surface area (Å²) in [4.78, 5) is 12.4. The van der Waals surface area contributed by atoms with Crippen LogP contribution in [0.1, 0.15) is 27.0 Å². The first-order valence-electron chi connectivity index (χ1n) is 6.26. The minimum absolute atomic E-state index is 0.150. The van der Waals surface area contributed by atoms with Gasteiger partial charge in [-0.3, -0.25) is 4.79 Å². The molecule has 0 unspecified atom stereocenters. The number of nitrogens with two attached hydrogens (primary N) is 1. The lowest BCUT2D eigenvalue weighted by molar-refractivity contribution is 0.102. The van der Waals surface area contributed by atoms with Gasteiger partial charge < -0.3 is 11.1 Å². The molecule has 0 aliphatic heterocycles. The normalized spacial score (nSPS) is 10.1. The number of anilines is 1. The number of benzene rings is 2. The molecule has 0 atom stereocenters. The molecule has 20 heavy (non-hydrogen) atoms. The smallest absolute Gasteiger partial charge is 0.255 e. The van der Waals surface area contributed by atoms with Gasteiger partial charge in [0.15, 0.2) is 0 Å². The van der Waals surface area contributed by atoms with Gasteiger partial charge >= 0.3 is 0 Å². The van der Waals surface area contributed by atoms with E-state index < -0.39 is 0 Å². The van der Waals surface area contributed by atoms with E-state index >= 15 is 0 Å². The van der Waals surface area contributed by atoms with Gasteiger partial charge in [0.2, 0.25) is 0 Å². The fraction of sp³-hybridized carbons (Fsp3) is 0.125. The van der Waals surface area contributed by atoms with Gasteiger partial charge in [-0.1, -0.05) is 30.4 Å². The maximum absolute atomic E-state index is 12.1. The molecule has 3 nitrogen and oxygen atoms in total. The van der Waals surface area contributed by atoms with Crippen LogP contribution in [0.25, 0.3) is 0 Å². The van der Waals surface area contributed by atoms with E-state index in [1.807, 2.05) is 32.0 Å². The van der Waals surface area contributed by atoms with Crippen LogP contribution < -0.4 is 11.1 Å². The molecule has 0 aromatic heterocycles. The molecule has 0 fully saturated rings. The Morgan fingerprint density at radius 1 is 1.00 bits per heavy atom. The van der Waals surface area contributed by atoms with E-state index in [1.54, 1.807) is 24.3 Å². The van der Waals surface area contributed by atoms with Crippen molar-refractivity contribution in [3.63, 3.8) is 0 Å². The van der Waals surface area contributed by atoms with Crippen molar-refractivity contribution in [2.24, 2.45) is 5.73 Å². The Bertz CT molecular complexity index is 663. The molecular formula is C16H16N2OS. The summed E-state index contributed by atoms with van der Waals surface area (Å²) >= 11 is 4.88. The number of hydrogen-bond acceptors (Lipinski definition) is 2. The quantitative estimate of drug-likeness (QED) is 0.851. The van der Waals surface area contributed by atoms with Gasteiger partial charge in [0.05, 0.1) is 0 Å². The summed E-state index contributed by atoms with van der Waals surface area (Å²) in [5.74, 6) is -0.150. The molecule has 0 aliphatic rings. The summed E-state index contributed by atoms with van der Waals surface area (Å²) in [6, 6.07) is 12.8. The van der Waals surface area contributed by atoms with Crippen LogP contribution in [0.15, 0.2) is 42.5 Å². The molecule has 0 heterocycles. The standard InChI is InChI=1S/C16H16N2OS/c1-10-3-8-14(9-11(10)2)18-16(19)13-6-4-12(5-7-13)15(17)20/h3-9H,1-2H3,(H2,17,20)(H,18,19). The first kappa shape index (κ1) is 14.2. The maximum Gasteiger partial charge on any atom is 0.255 e. The minimum Gasteiger partial charge on any atom is -0.389 e. The Hall–Kier alpha value is -2.20. The van der Waals surface area contributed by atoms with Gasteiger partial charge in [-0.25, -0.2) is 0 Å². The van der Waals surface area contributed by atoms with Crippen LogP contribution in [0.4, 0.5) is 5.69 Å². The van der Waals surface area contributed by atoms with E-state index in [2.05, 4.69) is 5.32 Å². The summed E-state index contributed by atoms with van der Waals surface area (Å²) in [7, 11) is 0. The SMILES string of the molecule is Cc1ccc(NC(=O)c2ccc(C(N)=S)cc2)cc1C. The van der Waals surface area contributed by atoms with Crippen LogP contribution in [-0.2, 0) is 0 Å². The molecule has 0 saturated heterocycles. The highest BCUT2D eigenvalue weighted by Crippen LogP contribution is 2.15. The highest BCUT2D eigenvalue weighted by Gasteiger charge is 2.07. The molecule has 0 aliphatic carbocycles. The largest absolute Gasteiger partial charge is 0.389 e. The molecule has 2 aromatic rings. The molecule has 102 valence electrons. The first-order valence-corrected chi connectivity index (χ1v) is 6.66. The average molecular weight is 284 g/mol. The van der Waals surface area contributed by atoms with E-state index in [9.17, 15) is 4.79 Å². The van der Waals surface area contributed by atoms with Crippen molar-refractivity contribution in [3.05, 3.63) is 64.7 Å². The summed E-state index contributed by atoms with van der Waals surface area (Å²) in [5.41, 5.74) is 9.98. The lowest BCUT2D eigenvalue weighted by Crippen LogP contribution is -2.13. The minimum atomic E-state index is -0.150. The van der Waals surface area contributed by atoms with Crippen LogP contribution >= 0.6 is 12.2 Å². The molecule has 2 aromatic carbocycles. The number of hydrogen-bond donors (Lipinski definition) is 2. The second-order valence-corrected chi connectivity index (χ2v) is 5.13. The van der Waals surface area contributed by atoms with Crippen molar-refractivity contribution >= 4 is 28.8 Å². The lowest BCUT2D eigenvalue weighted by atomic mass is 10.1. The predicted molar refractivity (Wildman–Crippen MR) is 86.2 cm³/mol. The summed E-state index contributed by atoms with van der Waals surface area (Å²) in [6.45, 7) is 4.05. The van der Waals surface area contributed by atoms with Gasteiger partial charge in [-0.2, -0.15) is 0 Å². The number of nitrogens with one attached hydrogen (secondary N) is 1. The number of carbonyl (C=O) groups excluding carboxylic acids is 1. The van der Waals surface area contributed by atoms with Crippen molar-refractivity contribution in [1.29, 1.82) is 0 Å². The monoisotopic (exact) mass is 284 g/mol. The van der Waals surface area contributed by atoms with E-state index in [0.717, 1.165) is 16.8 Å². The van der Waals surface area contributed by atoms with Crippen molar-refractivity contribution in [2.45, 2.75) is 13.8 Å². The van der Waals surface area contributed by atoms with Crippen molar-refractivity contribution < 1.29 is 4.79 Å². The summed E-state index contributed by atoms with van der Waals surface area (Å²) < 4.78 is 0. The second-order valence-electron chi connectivity index (χ2n) is 4.69. The Morgan fingerprint density at radius 3 is 2.15 bits per heavy atom. The third-order valence-corrected chi connectivity index (χ3v) is 3.43. The number of rotatable bonds is 3. The molecule has 4 heteroatoms. The number of carbonyl (C=O) groups is 1. The fourth-order valence-electron chi connectivity index (χ4n) is 1.81. The lowest BCUT2D eigenvalue weighted by Gasteiger charge is -2.08. The van der Waals surface area contributed by atoms with Gasteiger partial charge in [0, 0.05) is 16.8 Å². The molecule has 2 rings (SSSR count). The van der Waals surface area contributed by atoms with E-state index in [0.29, 0.717) is 10.6 Å². The predicted octanol–water partition coefficient (Wildman–Crippen LogP) is 3.19. The zero-order valence-corrected chi connectivity index (χ0v) is 12.3. The Kier molecular flexibility index (Phi) is 4.15. The molecule has 0 saturated carbocycles. The van der Waals surface area contributed by atoms with E-state index in [1.165, 1.54) is 5.56 Å². The number of amides is 1. The second kappa shape index (κ2) is 5.84. The third-order valence-electron chi connectivity index (χ3n) is 3.20. The molecule has 1 amide bonds. The summed E-state index contributed by atoms with van der Waals surface area (Å²) in [6.07, 6.45) is 0. The third kappa shape index (κ3) is 3.22. The van der Waals surface area contributed by atoms with Gasteiger partial charge in [-0.05, 0) is 49.2 Å². The zero-order valence-electron chi connectivity index (χ0n) is 11.4. The highest BCUT2D eigenvalue weighted by molar-refractivity contribution is 7.80. The number of thiocarbonyl (C=S) groups is 1. The number of aryl methyl sites for hydroxylation is 2.